The molecular weight excluding hydrogens is 200 g/mol. The van der Waals surface area contributed by atoms with E-state index in [1.165, 1.54) is 25.9 Å². The molecule has 0 saturated carbocycles. The molecule has 1 N–H and O–H groups in total. The molecule has 1 rings (SSSR count). The Morgan fingerprint density at radius 3 is 2.75 bits per heavy atom. The van der Waals surface area contributed by atoms with Gasteiger partial charge in [0.25, 0.3) is 0 Å². The Kier molecular flexibility index (Phi) is 6.65. The highest BCUT2D eigenvalue weighted by Gasteiger charge is 2.12. The van der Waals surface area contributed by atoms with Gasteiger partial charge in [0.2, 0.25) is 0 Å². The van der Waals surface area contributed by atoms with Crippen molar-refractivity contribution in [2.75, 3.05) is 26.2 Å². The van der Waals surface area contributed by atoms with Gasteiger partial charge in [-0.05, 0) is 12.8 Å². The second-order valence-corrected chi connectivity index (χ2v) is 4.28. The first kappa shape index (κ1) is 13.0. The van der Waals surface area contributed by atoms with Gasteiger partial charge < -0.3 is 9.64 Å². The smallest absolute Gasteiger partial charge is 0.139 e. The van der Waals surface area contributed by atoms with Crippen molar-refractivity contribution in [3.05, 3.63) is 0 Å². The molecule has 0 bridgehead atoms. The lowest BCUT2D eigenvalue weighted by molar-refractivity contribution is -0.879. The zero-order valence-corrected chi connectivity index (χ0v) is 10.1. The van der Waals surface area contributed by atoms with Crippen molar-refractivity contribution in [1.29, 1.82) is 5.26 Å². The summed E-state index contributed by atoms with van der Waals surface area (Å²) in [5.41, 5.74) is 0. The van der Waals surface area contributed by atoms with E-state index in [-0.39, 0.29) is 6.10 Å². The maximum absolute atomic E-state index is 8.35. The topological polar surface area (TPSA) is 37.5 Å². The number of hydrogen-bond donors (Lipinski definition) is 1. The molecule has 0 aromatic rings. The minimum Gasteiger partial charge on any atom is -0.376 e. The summed E-state index contributed by atoms with van der Waals surface area (Å²) < 4.78 is 5.42. The SMILES string of the molecule is C[C@@H](CC#CC[NH+]1CCCC1)OCCC#N. The second kappa shape index (κ2) is 8.16. The Hall–Kier alpha value is -1.03. The lowest BCUT2D eigenvalue weighted by Gasteiger charge is -2.08. The lowest BCUT2D eigenvalue weighted by atomic mass is 10.3. The third-order valence-electron chi connectivity index (χ3n) is 2.78. The first-order chi connectivity index (χ1) is 7.83. The molecule has 0 spiro atoms. The minimum atomic E-state index is 0.148. The fourth-order valence-corrected chi connectivity index (χ4v) is 1.82. The van der Waals surface area contributed by atoms with Crippen LogP contribution in [-0.2, 0) is 4.74 Å². The van der Waals surface area contributed by atoms with Gasteiger partial charge in [-0.15, -0.1) is 0 Å². The van der Waals surface area contributed by atoms with Crippen LogP contribution in [0.2, 0.25) is 0 Å². The van der Waals surface area contributed by atoms with Gasteiger partial charge in [-0.2, -0.15) is 5.26 Å². The Balaban J connectivity index is 2.04. The Morgan fingerprint density at radius 2 is 2.06 bits per heavy atom. The van der Waals surface area contributed by atoms with Gasteiger partial charge in [-0.3, -0.25) is 0 Å². The average molecular weight is 221 g/mol. The van der Waals surface area contributed by atoms with Crippen LogP contribution < -0.4 is 4.90 Å². The Bertz CT molecular complexity index is 279. The second-order valence-electron chi connectivity index (χ2n) is 4.28. The van der Waals surface area contributed by atoms with Crippen LogP contribution in [0.3, 0.4) is 0 Å². The summed E-state index contributed by atoms with van der Waals surface area (Å²) in [4.78, 5) is 1.62. The molecule has 0 radical (unpaired) electrons. The summed E-state index contributed by atoms with van der Waals surface area (Å²) in [5, 5.41) is 8.35. The van der Waals surface area contributed by atoms with E-state index in [4.69, 9.17) is 10.00 Å². The van der Waals surface area contributed by atoms with Gasteiger partial charge in [0.1, 0.15) is 6.54 Å². The van der Waals surface area contributed by atoms with E-state index in [1.54, 1.807) is 4.90 Å². The van der Waals surface area contributed by atoms with Gasteiger partial charge in [-0.25, -0.2) is 0 Å². The van der Waals surface area contributed by atoms with Crippen molar-refractivity contribution in [2.45, 2.75) is 38.7 Å². The van der Waals surface area contributed by atoms with Crippen LogP contribution in [0.5, 0.6) is 0 Å². The monoisotopic (exact) mass is 221 g/mol. The maximum atomic E-state index is 8.35. The molecular formula is C13H21N2O+. The number of quaternary nitrogens is 1. The van der Waals surface area contributed by atoms with E-state index in [1.807, 2.05) is 6.92 Å². The summed E-state index contributed by atoms with van der Waals surface area (Å²) in [7, 11) is 0. The van der Waals surface area contributed by atoms with Gasteiger partial charge in [0.05, 0.1) is 38.3 Å². The number of ether oxygens (including phenoxy) is 1. The van der Waals surface area contributed by atoms with Crippen LogP contribution in [0, 0.1) is 23.2 Å². The van der Waals surface area contributed by atoms with Gasteiger partial charge in [0, 0.05) is 19.3 Å². The highest BCUT2D eigenvalue weighted by Crippen LogP contribution is 1.96. The number of hydrogen-bond acceptors (Lipinski definition) is 2. The van der Waals surface area contributed by atoms with E-state index in [2.05, 4.69) is 17.9 Å². The molecule has 0 unspecified atom stereocenters. The predicted molar refractivity (Wildman–Crippen MR) is 62.8 cm³/mol. The zero-order chi connectivity index (χ0) is 11.6. The molecule has 0 aliphatic carbocycles. The van der Waals surface area contributed by atoms with Crippen LogP contribution in [0.1, 0.15) is 32.6 Å². The molecule has 16 heavy (non-hydrogen) atoms. The summed E-state index contributed by atoms with van der Waals surface area (Å²) in [6.45, 7) is 6.07. The molecule has 1 saturated heterocycles. The van der Waals surface area contributed by atoms with Crippen molar-refractivity contribution in [1.82, 2.24) is 0 Å². The fourth-order valence-electron chi connectivity index (χ4n) is 1.82. The lowest BCUT2D eigenvalue weighted by Crippen LogP contribution is -3.09. The summed E-state index contributed by atoms with van der Waals surface area (Å²) in [6.07, 6.45) is 4.10. The van der Waals surface area contributed by atoms with Crippen LogP contribution in [-0.4, -0.2) is 32.3 Å². The minimum absolute atomic E-state index is 0.148. The predicted octanol–water partition coefficient (Wildman–Crippen LogP) is 0.377. The van der Waals surface area contributed by atoms with E-state index in [0.717, 1.165) is 13.0 Å². The molecule has 1 atom stereocenters. The Labute approximate surface area is 98.4 Å². The van der Waals surface area contributed by atoms with Crippen molar-refractivity contribution >= 4 is 0 Å². The van der Waals surface area contributed by atoms with Gasteiger partial charge in [0.15, 0.2) is 0 Å². The Morgan fingerprint density at radius 1 is 1.31 bits per heavy atom. The number of rotatable bonds is 5. The number of nitrogens with one attached hydrogen (secondary N) is 1. The molecule has 0 amide bonds. The third kappa shape index (κ3) is 5.75. The standard InChI is InChI=1S/C13H20N2O/c1-13(16-12-6-8-14)7-2-3-9-15-10-4-5-11-15/h13H,4-7,9-12H2,1H3/p+1/t13-/m0/s1. The van der Waals surface area contributed by atoms with Crippen molar-refractivity contribution in [2.24, 2.45) is 0 Å². The maximum Gasteiger partial charge on any atom is 0.139 e. The first-order valence-corrected chi connectivity index (χ1v) is 6.10. The molecule has 1 fully saturated rings. The molecule has 0 aromatic carbocycles. The molecule has 1 heterocycles. The van der Waals surface area contributed by atoms with E-state index >= 15 is 0 Å². The normalized spacial score (nSPS) is 17.5. The fraction of sp³-hybridized carbons (Fsp3) is 0.769. The van der Waals surface area contributed by atoms with Crippen LogP contribution in [0.4, 0.5) is 0 Å². The summed E-state index contributed by atoms with van der Waals surface area (Å²) in [5.74, 6) is 6.38. The van der Waals surface area contributed by atoms with Gasteiger partial charge in [-0.1, -0.05) is 5.92 Å². The molecule has 3 heteroatoms. The van der Waals surface area contributed by atoms with Crippen molar-refractivity contribution < 1.29 is 9.64 Å². The van der Waals surface area contributed by atoms with E-state index < -0.39 is 0 Å². The quantitative estimate of drug-likeness (QED) is 0.538. The highest BCUT2D eigenvalue weighted by molar-refractivity contribution is 4.99. The number of nitrogens with zero attached hydrogens (tertiary/aromatic N) is 1. The third-order valence-corrected chi connectivity index (χ3v) is 2.78. The van der Waals surface area contributed by atoms with E-state index in [0.29, 0.717) is 13.0 Å². The largest absolute Gasteiger partial charge is 0.376 e. The van der Waals surface area contributed by atoms with Crippen LogP contribution >= 0.6 is 0 Å². The summed E-state index contributed by atoms with van der Waals surface area (Å²) in [6, 6.07) is 2.06. The molecule has 1 aliphatic rings. The van der Waals surface area contributed by atoms with Crippen molar-refractivity contribution in [3.8, 4) is 17.9 Å². The average Bonchev–Trinajstić information content (AvgIpc) is 2.78. The number of likely N-dealkylation sites (tertiary alicyclic amines) is 1. The van der Waals surface area contributed by atoms with Gasteiger partial charge >= 0.3 is 0 Å². The van der Waals surface area contributed by atoms with Crippen LogP contribution in [0.15, 0.2) is 0 Å². The van der Waals surface area contributed by atoms with Crippen molar-refractivity contribution in [3.63, 3.8) is 0 Å². The molecule has 3 nitrogen and oxygen atoms in total. The van der Waals surface area contributed by atoms with Crippen LogP contribution in [0.25, 0.3) is 0 Å². The van der Waals surface area contributed by atoms with E-state index in [9.17, 15) is 0 Å². The first-order valence-electron chi connectivity index (χ1n) is 6.10. The molecule has 1 aliphatic heterocycles. The zero-order valence-electron chi connectivity index (χ0n) is 10.1. The highest BCUT2D eigenvalue weighted by atomic mass is 16.5. The summed E-state index contributed by atoms with van der Waals surface area (Å²) >= 11 is 0. The molecule has 0 aromatic heterocycles. The molecule has 88 valence electrons. The number of nitriles is 1.